The van der Waals surface area contributed by atoms with Crippen LogP contribution < -0.4 is 4.74 Å². The second-order valence-electron chi connectivity index (χ2n) is 10.2. The largest absolute Gasteiger partial charge is 0.457 e. The number of carbonyl (C=O) groups excluding carboxylic acids is 4. The maximum absolute atomic E-state index is 13.7. The SMILES string of the molecule is O=C(CN(C(=O)c1ccc([N+](=O)[O-])cc1)N1C(=O)[C@@H]2C[C@H](Br)[C@@H](Br)C[C@H]2C1=O)c1ccc(Oc2ccc([N+](=O)[O-])cc2)cc1. The Hall–Kier alpha value is -4.50. The zero-order valence-corrected chi connectivity index (χ0v) is 25.7. The third-order valence-electron chi connectivity index (χ3n) is 7.44. The Morgan fingerprint density at radius 1 is 0.750 bits per heavy atom. The lowest BCUT2D eigenvalue weighted by Gasteiger charge is -2.30. The van der Waals surface area contributed by atoms with Crippen molar-refractivity contribution in [3.05, 3.63) is 104 Å². The van der Waals surface area contributed by atoms with Crippen molar-refractivity contribution in [2.24, 2.45) is 11.8 Å². The molecule has 4 atom stereocenters. The molecular formula is C29H22Br2N4O9. The number of nitrogens with zero attached hydrogens (tertiary/aromatic N) is 4. The number of hydrazine groups is 1. The molecule has 3 aromatic rings. The van der Waals surface area contributed by atoms with E-state index in [0.29, 0.717) is 24.3 Å². The molecule has 3 aromatic carbocycles. The zero-order chi connectivity index (χ0) is 31.7. The molecule has 0 N–H and O–H groups in total. The number of amides is 3. The predicted octanol–water partition coefficient (Wildman–Crippen LogP) is 5.46. The van der Waals surface area contributed by atoms with Gasteiger partial charge in [-0.3, -0.25) is 39.4 Å². The van der Waals surface area contributed by atoms with Crippen molar-refractivity contribution < 1.29 is 33.8 Å². The summed E-state index contributed by atoms with van der Waals surface area (Å²) in [5.41, 5.74) is -0.256. The summed E-state index contributed by atoms with van der Waals surface area (Å²) >= 11 is 7.06. The van der Waals surface area contributed by atoms with Crippen LogP contribution in [0.2, 0.25) is 0 Å². The monoisotopic (exact) mass is 728 g/mol. The first-order valence-corrected chi connectivity index (χ1v) is 15.1. The van der Waals surface area contributed by atoms with Gasteiger partial charge in [0, 0.05) is 45.0 Å². The number of halogens is 2. The van der Waals surface area contributed by atoms with Crippen LogP contribution in [0.3, 0.4) is 0 Å². The Bertz CT molecular complexity index is 1620. The average molecular weight is 730 g/mol. The summed E-state index contributed by atoms with van der Waals surface area (Å²) < 4.78 is 5.68. The second-order valence-corrected chi connectivity index (χ2v) is 12.5. The molecule has 0 spiro atoms. The molecule has 0 unspecified atom stereocenters. The van der Waals surface area contributed by atoms with E-state index in [-0.39, 0.29) is 32.2 Å². The van der Waals surface area contributed by atoms with E-state index in [1.54, 1.807) is 0 Å². The lowest BCUT2D eigenvalue weighted by molar-refractivity contribution is -0.385. The number of ether oxygens (including phenoxy) is 1. The van der Waals surface area contributed by atoms with E-state index < -0.39 is 51.7 Å². The number of nitro groups is 2. The topological polar surface area (TPSA) is 170 Å². The van der Waals surface area contributed by atoms with Crippen LogP contribution in [0.4, 0.5) is 11.4 Å². The van der Waals surface area contributed by atoms with Crippen LogP contribution in [0.5, 0.6) is 11.5 Å². The molecule has 13 nitrogen and oxygen atoms in total. The third kappa shape index (κ3) is 6.24. The highest BCUT2D eigenvalue weighted by Crippen LogP contribution is 2.43. The van der Waals surface area contributed by atoms with Gasteiger partial charge in [-0.1, -0.05) is 31.9 Å². The molecule has 1 saturated heterocycles. The van der Waals surface area contributed by atoms with Crippen molar-refractivity contribution in [2.75, 3.05) is 6.54 Å². The number of hydrogen-bond donors (Lipinski definition) is 0. The van der Waals surface area contributed by atoms with Gasteiger partial charge in [0.25, 0.3) is 29.1 Å². The van der Waals surface area contributed by atoms with Crippen molar-refractivity contribution in [3.8, 4) is 11.5 Å². The van der Waals surface area contributed by atoms with Crippen molar-refractivity contribution in [2.45, 2.75) is 22.5 Å². The number of alkyl halides is 2. The van der Waals surface area contributed by atoms with Gasteiger partial charge in [-0.2, -0.15) is 5.01 Å². The maximum Gasteiger partial charge on any atom is 0.273 e. The van der Waals surface area contributed by atoms with E-state index in [0.717, 1.165) is 22.2 Å². The van der Waals surface area contributed by atoms with Gasteiger partial charge >= 0.3 is 0 Å². The minimum Gasteiger partial charge on any atom is -0.457 e. The molecule has 226 valence electrons. The lowest BCUT2D eigenvalue weighted by atomic mass is 9.81. The molecule has 5 rings (SSSR count). The number of fused-ring (bicyclic) bond motifs is 1. The summed E-state index contributed by atoms with van der Waals surface area (Å²) in [4.78, 5) is 74.9. The predicted molar refractivity (Wildman–Crippen MR) is 162 cm³/mol. The number of nitro benzene ring substituents is 2. The molecule has 1 aliphatic heterocycles. The van der Waals surface area contributed by atoms with Gasteiger partial charge in [-0.05, 0) is 61.4 Å². The molecule has 44 heavy (non-hydrogen) atoms. The van der Waals surface area contributed by atoms with Gasteiger partial charge in [-0.25, -0.2) is 5.01 Å². The highest BCUT2D eigenvalue weighted by atomic mass is 79.9. The van der Waals surface area contributed by atoms with Crippen molar-refractivity contribution in [3.63, 3.8) is 0 Å². The molecule has 3 amide bonds. The van der Waals surface area contributed by atoms with Gasteiger partial charge < -0.3 is 4.74 Å². The maximum atomic E-state index is 13.7. The molecular weight excluding hydrogens is 708 g/mol. The zero-order valence-electron chi connectivity index (χ0n) is 22.6. The van der Waals surface area contributed by atoms with E-state index in [2.05, 4.69) is 31.9 Å². The van der Waals surface area contributed by atoms with Crippen molar-refractivity contribution >= 4 is 66.7 Å². The van der Waals surface area contributed by atoms with Crippen molar-refractivity contribution in [1.82, 2.24) is 10.0 Å². The number of hydrogen-bond acceptors (Lipinski definition) is 9. The Morgan fingerprint density at radius 3 is 1.61 bits per heavy atom. The van der Waals surface area contributed by atoms with E-state index in [1.807, 2.05) is 0 Å². The first-order valence-electron chi connectivity index (χ1n) is 13.2. The Balaban J connectivity index is 1.39. The highest BCUT2D eigenvalue weighted by molar-refractivity contribution is 9.12. The standard InChI is InChI=1S/C29H22Br2N4O9/c30-24-13-22-23(14-25(24)31)29(39)33(28(22)38)32(27(37)17-1-5-18(6-2-17)34(40)41)15-26(36)16-3-9-20(10-4-16)44-21-11-7-19(8-12-21)35(42)43/h1-12,22-25H,13-15H2/t22-,23-,24+,25+/m1/s1. The van der Waals surface area contributed by atoms with Crippen LogP contribution in [0, 0.1) is 32.1 Å². The van der Waals surface area contributed by atoms with Crippen molar-refractivity contribution in [1.29, 1.82) is 0 Å². The molecule has 0 aromatic heterocycles. The first-order chi connectivity index (χ1) is 20.9. The molecule has 2 aliphatic rings. The van der Waals surface area contributed by atoms with E-state index in [4.69, 9.17) is 4.74 Å². The van der Waals surface area contributed by atoms with E-state index >= 15 is 0 Å². The Labute approximate surface area is 266 Å². The molecule has 15 heteroatoms. The summed E-state index contributed by atoms with van der Waals surface area (Å²) in [7, 11) is 0. The normalized spacial score (nSPS) is 21.0. The van der Waals surface area contributed by atoms with Crippen LogP contribution in [0.25, 0.3) is 0 Å². The first kappa shape index (κ1) is 30.9. The van der Waals surface area contributed by atoms with E-state index in [9.17, 15) is 39.4 Å². The van der Waals surface area contributed by atoms with Gasteiger partial charge in [0.05, 0.1) is 21.7 Å². The smallest absolute Gasteiger partial charge is 0.273 e. The van der Waals surface area contributed by atoms with Gasteiger partial charge in [0.15, 0.2) is 5.78 Å². The van der Waals surface area contributed by atoms with Crippen LogP contribution >= 0.6 is 31.9 Å². The van der Waals surface area contributed by atoms with Crippen LogP contribution in [0.1, 0.15) is 33.6 Å². The minimum absolute atomic E-state index is 0.0533. The number of imide groups is 1. The second kappa shape index (κ2) is 12.6. The van der Waals surface area contributed by atoms with Crippen LogP contribution in [-0.2, 0) is 9.59 Å². The number of non-ortho nitro benzene ring substituents is 2. The Morgan fingerprint density at radius 2 is 1.16 bits per heavy atom. The quantitative estimate of drug-likeness (QED) is 0.0913. The number of Topliss-reactive ketones (excluding diaryl/α,β-unsaturated/α-hetero) is 1. The van der Waals surface area contributed by atoms with Gasteiger partial charge in [-0.15, -0.1) is 0 Å². The molecule has 0 bridgehead atoms. The molecule has 1 aliphatic carbocycles. The van der Waals surface area contributed by atoms with E-state index in [1.165, 1.54) is 60.7 Å². The summed E-state index contributed by atoms with van der Waals surface area (Å²) in [6, 6.07) is 15.9. The van der Waals surface area contributed by atoms with Crippen LogP contribution in [-0.4, -0.2) is 59.6 Å². The third-order valence-corrected chi connectivity index (χ3v) is 10.2. The fraction of sp³-hybridized carbons (Fsp3) is 0.241. The van der Waals surface area contributed by atoms with Gasteiger partial charge in [0.1, 0.15) is 18.0 Å². The number of carbonyl (C=O) groups is 4. The van der Waals surface area contributed by atoms with Gasteiger partial charge in [0.2, 0.25) is 0 Å². The van der Waals surface area contributed by atoms with Crippen LogP contribution in [0.15, 0.2) is 72.8 Å². The summed E-state index contributed by atoms with van der Waals surface area (Å²) in [6.45, 7) is -0.662. The number of benzene rings is 3. The fourth-order valence-corrected chi connectivity index (χ4v) is 6.37. The number of rotatable bonds is 9. The number of ketones is 1. The summed E-state index contributed by atoms with van der Waals surface area (Å²) in [6.07, 6.45) is 0.705. The average Bonchev–Trinajstić information content (AvgIpc) is 3.24. The molecule has 0 radical (unpaired) electrons. The summed E-state index contributed by atoms with van der Waals surface area (Å²) in [5, 5.41) is 23.5. The minimum atomic E-state index is -0.850. The molecule has 2 fully saturated rings. The Kier molecular flexibility index (Phi) is 8.87. The lowest BCUT2D eigenvalue weighted by Crippen LogP contribution is -2.52. The molecule has 1 saturated carbocycles. The molecule has 1 heterocycles. The summed E-state index contributed by atoms with van der Waals surface area (Å²) in [5.74, 6) is -3.34. The highest BCUT2D eigenvalue weighted by Gasteiger charge is 2.54. The fourth-order valence-electron chi connectivity index (χ4n) is 5.13.